The maximum Gasteiger partial charge on any atom is 0.225 e. The van der Waals surface area contributed by atoms with Gasteiger partial charge in [0.15, 0.2) is 0 Å². The average molecular weight is 315 g/mol. The van der Waals surface area contributed by atoms with Crippen molar-refractivity contribution < 1.29 is 4.79 Å². The van der Waals surface area contributed by atoms with E-state index in [1.807, 2.05) is 0 Å². The van der Waals surface area contributed by atoms with Crippen LogP contribution in [0.2, 0.25) is 0 Å². The van der Waals surface area contributed by atoms with E-state index in [1.165, 1.54) is 44.9 Å². The Balaban J connectivity index is 0.00000161. The van der Waals surface area contributed by atoms with Crippen molar-refractivity contribution in [2.24, 2.45) is 29.4 Å². The maximum atomic E-state index is 12.8. The minimum Gasteiger partial charge on any atom is -0.342 e. The standard InChI is InChI=1S/C17H30N2O.ClH/c18-11-13-4-3-9-19(12-13)17(20)16-8-7-14-5-1-2-6-15(14)10-16;/h13-16H,1-12,18H2;1H. The summed E-state index contributed by atoms with van der Waals surface area (Å²) in [7, 11) is 0. The quantitative estimate of drug-likeness (QED) is 0.850. The molecule has 2 aliphatic carbocycles. The molecule has 3 fully saturated rings. The number of hydrogen-bond donors (Lipinski definition) is 1. The van der Waals surface area contributed by atoms with E-state index in [4.69, 9.17) is 5.73 Å². The first-order chi connectivity index (χ1) is 9.78. The first kappa shape index (κ1) is 17.1. The molecule has 0 aromatic rings. The number of piperidine rings is 1. The van der Waals surface area contributed by atoms with Gasteiger partial charge in [-0.15, -0.1) is 12.4 Å². The molecule has 3 aliphatic rings. The molecule has 4 unspecified atom stereocenters. The molecule has 122 valence electrons. The number of halogens is 1. The van der Waals surface area contributed by atoms with Gasteiger partial charge in [0.2, 0.25) is 5.91 Å². The Morgan fingerprint density at radius 1 is 1.00 bits per heavy atom. The lowest BCUT2D eigenvalue weighted by molar-refractivity contribution is -0.139. The van der Waals surface area contributed by atoms with E-state index in [9.17, 15) is 4.79 Å². The van der Waals surface area contributed by atoms with E-state index in [-0.39, 0.29) is 12.4 Å². The number of fused-ring (bicyclic) bond motifs is 1. The van der Waals surface area contributed by atoms with Gasteiger partial charge in [-0.2, -0.15) is 0 Å². The highest BCUT2D eigenvalue weighted by molar-refractivity contribution is 5.85. The fourth-order valence-electron chi connectivity index (χ4n) is 4.81. The van der Waals surface area contributed by atoms with Crippen molar-refractivity contribution in [3.8, 4) is 0 Å². The lowest BCUT2D eigenvalue weighted by Crippen LogP contribution is -2.46. The largest absolute Gasteiger partial charge is 0.342 e. The Labute approximate surface area is 135 Å². The molecule has 2 saturated carbocycles. The van der Waals surface area contributed by atoms with Crippen LogP contribution in [0, 0.1) is 23.7 Å². The van der Waals surface area contributed by atoms with Crippen LogP contribution in [-0.2, 0) is 4.79 Å². The summed E-state index contributed by atoms with van der Waals surface area (Å²) in [6.07, 6.45) is 11.6. The number of amides is 1. The molecule has 1 aliphatic heterocycles. The van der Waals surface area contributed by atoms with E-state index < -0.39 is 0 Å². The molecule has 4 heteroatoms. The topological polar surface area (TPSA) is 46.3 Å². The van der Waals surface area contributed by atoms with Crippen molar-refractivity contribution in [3.63, 3.8) is 0 Å². The summed E-state index contributed by atoms with van der Waals surface area (Å²) in [5.74, 6) is 3.10. The number of likely N-dealkylation sites (tertiary alicyclic amines) is 1. The van der Waals surface area contributed by atoms with Crippen molar-refractivity contribution in [2.75, 3.05) is 19.6 Å². The average Bonchev–Trinajstić information content (AvgIpc) is 2.53. The Bertz CT molecular complexity index is 350. The summed E-state index contributed by atoms with van der Waals surface area (Å²) in [6.45, 7) is 2.62. The van der Waals surface area contributed by atoms with E-state index in [1.54, 1.807) is 0 Å². The Hall–Kier alpha value is -0.280. The third kappa shape index (κ3) is 3.92. The van der Waals surface area contributed by atoms with Gasteiger partial charge in [0.05, 0.1) is 0 Å². The predicted octanol–water partition coefficient (Wildman–Crippen LogP) is 3.21. The Morgan fingerprint density at radius 3 is 2.52 bits per heavy atom. The van der Waals surface area contributed by atoms with E-state index in [0.29, 0.717) is 17.7 Å². The summed E-state index contributed by atoms with van der Waals surface area (Å²) in [5, 5.41) is 0. The van der Waals surface area contributed by atoms with Crippen LogP contribution in [0.3, 0.4) is 0 Å². The van der Waals surface area contributed by atoms with Crippen molar-refractivity contribution >= 4 is 18.3 Å². The van der Waals surface area contributed by atoms with Gasteiger partial charge < -0.3 is 10.6 Å². The molecule has 0 aromatic heterocycles. The number of nitrogens with zero attached hydrogens (tertiary/aromatic N) is 1. The lowest BCUT2D eigenvalue weighted by Gasteiger charge is -2.41. The van der Waals surface area contributed by atoms with Crippen molar-refractivity contribution in [2.45, 2.75) is 57.8 Å². The van der Waals surface area contributed by atoms with Gasteiger partial charge in [0.1, 0.15) is 0 Å². The van der Waals surface area contributed by atoms with Gasteiger partial charge in [-0.1, -0.05) is 25.7 Å². The molecule has 0 bridgehead atoms. The summed E-state index contributed by atoms with van der Waals surface area (Å²) < 4.78 is 0. The fraction of sp³-hybridized carbons (Fsp3) is 0.941. The lowest BCUT2D eigenvalue weighted by atomic mass is 9.67. The summed E-state index contributed by atoms with van der Waals surface area (Å²) in [6, 6.07) is 0. The van der Waals surface area contributed by atoms with Crippen LogP contribution < -0.4 is 5.73 Å². The van der Waals surface area contributed by atoms with E-state index >= 15 is 0 Å². The number of carbonyl (C=O) groups is 1. The van der Waals surface area contributed by atoms with Crippen molar-refractivity contribution in [1.82, 2.24) is 4.90 Å². The molecule has 3 nitrogen and oxygen atoms in total. The van der Waals surface area contributed by atoms with Crippen LogP contribution >= 0.6 is 12.4 Å². The highest BCUT2D eigenvalue weighted by atomic mass is 35.5. The molecule has 1 heterocycles. The number of hydrogen-bond acceptors (Lipinski definition) is 2. The minimum atomic E-state index is 0. The second-order valence-electron chi connectivity index (χ2n) is 7.34. The van der Waals surface area contributed by atoms with Gasteiger partial charge in [-0.25, -0.2) is 0 Å². The van der Waals surface area contributed by atoms with Gasteiger partial charge in [0, 0.05) is 19.0 Å². The van der Waals surface area contributed by atoms with Crippen molar-refractivity contribution in [1.29, 1.82) is 0 Å². The summed E-state index contributed by atoms with van der Waals surface area (Å²) in [5.41, 5.74) is 5.79. The zero-order chi connectivity index (χ0) is 13.9. The molecule has 0 spiro atoms. The number of rotatable bonds is 2. The highest BCUT2D eigenvalue weighted by Gasteiger charge is 2.37. The molecular weight excluding hydrogens is 284 g/mol. The monoisotopic (exact) mass is 314 g/mol. The Morgan fingerprint density at radius 2 is 1.76 bits per heavy atom. The summed E-state index contributed by atoms with van der Waals surface area (Å²) in [4.78, 5) is 14.9. The second kappa shape index (κ2) is 7.82. The van der Waals surface area contributed by atoms with Crippen LogP contribution in [0.15, 0.2) is 0 Å². The first-order valence-corrected chi connectivity index (χ1v) is 8.76. The number of nitrogens with two attached hydrogens (primary N) is 1. The van der Waals surface area contributed by atoms with Gasteiger partial charge in [-0.05, 0) is 56.4 Å². The van der Waals surface area contributed by atoms with Crippen LogP contribution in [0.1, 0.15) is 57.8 Å². The molecule has 1 saturated heterocycles. The highest BCUT2D eigenvalue weighted by Crippen LogP contribution is 2.43. The molecule has 2 N–H and O–H groups in total. The third-order valence-electron chi connectivity index (χ3n) is 6.05. The summed E-state index contributed by atoms with van der Waals surface area (Å²) >= 11 is 0. The number of carbonyl (C=O) groups excluding carboxylic acids is 1. The van der Waals surface area contributed by atoms with Gasteiger partial charge in [-0.3, -0.25) is 4.79 Å². The zero-order valence-corrected chi connectivity index (χ0v) is 14.0. The molecule has 3 rings (SSSR count). The molecule has 1 amide bonds. The van der Waals surface area contributed by atoms with Crippen LogP contribution in [0.4, 0.5) is 0 Å². The second-order valence-corrected chi connectivity index (χ2v) is 7.34. The van der Waals surface area contributed by atoms with Crippen LogP contribution in [0.25, 0.3) is 0 Å². The van der Waals surface area contributed by atoms with Crippen LogP contribution in [-0.4, -0.2) is 30.4 Å². The first-order valence-electron chi connectivity index (χ1n) is 8.76. The normalized spacial score (nSPS) is 36.5. The third-order valence-corrected chi connectivity index (χ3v) is 6.05. The zero-order valence-electron chi connectivity index (χ0n) is 13.1. The molecular formula is C17H31ClN2O. The SMILES string of the molecule is Cl.NCC1CCCN(C(=O)C2CCC3CCCCC3C2)C1. The van der Waals surface area contributed by atoms with E-state index in [2.05, 4.69) is 4.90 Å². The van der Waals surface area contributed by atoms with Gasteiger partial charge in [0.25, 0.3) is 0 Å². The molecule has 21 heavy (non-hydrogen) atoms. The fourth-order valence-corrected chi connectivity index (χ4v) is 4.81. The Kier molecular flexibility index (Phi) is 6.36. The maximum absolute atomic E-state index is 12.8. The predicted molar refractivity (Wildman–Crippen MR) is 88.4 cm³/mol. The molecule has 0 aromatic carbocycles. The smallest absolute Gasteiger partial charge is 0.225 e. The minimum absolute atomic E-state index is 0. The van der Waals surface area contributed by atoms with E-state index in [0.717, 1.165) is 44.3 Å². The van der Waals surface area contributed by atoms with Crippen LogP contribution in [0.5, 0.6) is 0 Å². The van der Waals surface area contributed by atoms with Gasteiger partial charge >= 0.3 is 0 Å². The molecule has 4 atom stereocenters. The van der Waals surface area contributed by atoms with Crippen molar-refractivity contribution in [3.05, 3.63) is 0 Å². The molecule has 0 radical (unpaired) electrons.